The van der Waals surface area contributed by atoms with E-state index in [4.69, 9.17) is 9.47 Å². The Morgan fingerprint density at radius 1 is 1.09 bits per heavy atom. The van der Waals surface area contributed by atoms with Gasteiger partial charge in [0, 0.05) is 19.5 Å². The maximum Gasteiger partial charge on any atom is 0.410 e. The molecule has 3 fully saturated rings. The molecule has 2 saturated heterocycles. The molecule has 3 N–H and O–H groups in total. The third-order valence-corrected chi connectivity index (χ3v) is 11.8. The Labute approximate surface area is 332 Å². The number of rotatable bonds is 9. The van der Waals surface area contributed by atoms with Crippen molar-refractivity contribution in [3.05, 3.63) is 71.6 Å². The molecular weight excluding hydrogens is 765 g/mol. The number of fused-ring (bicyclic) bond motifs is 2. The summed E-state index contributed by atoms with van der Waals surface area (Å²) >= 11 is 0. The lowest BCUT2D eigenvalue weighted by atomic mass is 10.0. The molecule has 17 heteroatoms. The van der Waals surface area contributed by atoms with Crippen LogP contribution in [0.3, 0.4) is 0 Å². The predicted molar refractivity (Wildman–Crippen MR) is 206 cm³/mol. The number of nitrogens with zero attached hydrogens (tertiary/aromatic N) is 2. The third-order valence-electron chi connectivity index (χ3n) is 10.6. The van der Waals surface area contributed by atoms with Gasteiger partial charge in [0.1, 0.15) is 41.8 Å². The molecule has 312 valence electrons. The summed E-state index contributed by atoms with van der Waals surface area (Å²) in [6.07, 6.45) is 6.47. The van der Waals surface area contributed by atoms with E-state index in [-0.39, 0.29) is 44.5 Å². The van der Waals surface area contributed by atoms with E-state index in [0.29, 0.717) is 30.4 Å². The number of alkyl carbamates (subject to hydrolysis) is 1. The Bertz CT molecular complexity index is 1900. The van der Waals surface area contributed by atoms with Crippen molar-refractivity contribution in [3.63, 3.8) is 0 Å². The zero-order valence-electron chi connectivity index (χ0n) is 32.7. The van der Waals surface area contributed by atoms with Gasteiger partial charge in [-0.3, -0.25) is 24.0 Å². The molecule has 4 aliphatic rings. The van der Waals surface area contributed by atoms with Gasteiger partial charge in [0.25, 0.3) is 5.91 Å². The van der Waals surface area contributed by atoms with Gasteiger partial charge in [-0.15, -0.1) is 0 Å². The van der Waals surface area contributed by atoms with Crippen molar-refractivity contribution in [1.29, 1.82) is 0 Å². The van der Waals surface area contributed by atoms with Crippen LogP contribution in [-0.2, 0) is 39.6 Å². The lowest BCUT2D eigenvalue weighted by molar-refractivity contribution is -0.141. The smallest absolute Gasteiger partial charge is 0.410 e. The average molecular weight is 818 g/mol. The zero-order valence-corrected chi connectivity index (χ0v) is 33.5. The van der Waals surface area contributed by atoms with Crippen molar-refractivity contribution in [3.8, 4) is 0 Å². The molecule has 0 spiro atoms. The highest BCUT2D eigenvalue weighted by Gasteiger charge is 2.62. The van der Waals surface area contributed by atoms with E-state index in [0.717, 1.165) is 25.3 Å². The molecule has 0 bridgehead atoms. The van der Waals surface area contributed by atoms with Crippen LogP contribution in [0.5, 0.6) is 0 Å². The third kappa shape index (κ3) is 11.4. The number of nitrogens with one attached hydrogen (secondary N) is 3. The molecule has 3 heterocycles. The van der Waals surface area contributed by atoms with Crippen LogP contribution in [0.2, 0.25) is 0 Å². The molecule has 0 unspecified atom stereocenters. The number of benzene rings is 1. The largest absolute Gasteiger partial charge is 0.444 e. The Hall–Kier alpha value is -4.80. The zero-order chi connectivity index (χ0) is 41.5. The van der Waals surface area contributed by atoms with E-state index >= 15 is 0 Å². The Morgan fingerprint density at radius 2 is 1.81 bits per heavy atom. The van der Waals surface area contributed by atoms with Crippen molar-refractivity contribution < 1.29 is 50.6 Å². The minimum absolute atomic E-state index is 0.0194. The fourth-order valence-corrected chi connectivity index (χ4v) is 8.83. The number of alkyl halides is 1. The van der Waals surface area contributed by atoms with E-state index in [1.807, 2.05) is 0 Å². The molecule has 5 atom stereocenters. The first-order valence-corrected chi connectivity index (χ1v) is 21.0. The second-order valence-electron chi connectivity index (χ2n) is 16.2. The lowest BCUT2D eigenvalue weighted by Crippen LogP contribution is -2.58. The Balaban J connectivity index is 1.40. The normalized spacial score (nSPS) is 26.1. The van der Waals surface area contributed by atoms with Gasteiger partial charge in [-0.25, -0.2) is 26.8 Å². The number of carbonyl (C=O) groups is 5. The van der Waals surface area contributed by atoms with E-state index in [1.165, 1.54) is 34.1 Å². The highest BCUT2D eigenvalue weighted by atomic mass is 32.2. The average Bonchev–Trinajstić information content (AvgIpc) is 3.43. The first kappa shape index (κ1) is 43.3. The van der Waals surface area contributed by atoms with Crippen LogP contribution in [0, 0.1) is 11.7 Å². The summed E-state index contributed by atoms with van der Waals surface area (Å²) in [5, 5.41) is 5.44. The molecule has 1 aromatic carbocycles. The number of sulfonamides is 1. The number of carbonyl (C=O) groups excluding carboxylic acids is 5. The second-order valence-corrected chi connectivity index (χ2v) is 17.9. The van der Waals surface area contributed by atoms with Crippen LogP contribution in [0.15, 0.2) is 60.2 Å². The fourth-order valence-electron chi connectivity index (χ4n) is 7.67. The van der Waals surface area contributed by atoms with Gasteiger partial charge in [0.2, 0.25) is 21.8 Å². The fraction of sp³-hybridized carbons (Fsp3) is 0.575. The molecular formula is C40H53F2N5O9S. The summed E-state index contributed by atoms with van der Waals surface area (Å²) < 4.78 is 67.3. The van der Waals surface area contributed by atoms with Crippen molar-refractivity contribution >= 4 is 39.9 Å². The molecule has 0 aromatic heterocycles. The summed E-state index contributed by atoms with van der Waals surface area (Å²) in [7, 11) is -4.33. The maximum atomic E-state index is 14.4. The van der Waals surface area contributed by atoms with Gasteiger partial charge in [-0.2, -0.15) is 0 Å². The van der Waals surface area contributed by atoms with Crippen molar-refractivity contribution in [1.82, 2.24) is 25.2 Å². The van der Waals surface area contributed by atoms with E-state index in [9.17, 15) is 41.2 Å². The van der Waals surface area contributed by atoms with Crippen LogP contribution in [0.1, 0.15) is 84.1 Å². The summed E-state index contributed by atoms with van der Waals surface area (Å²) in [5.74, 6) is -4.07. The monoisotopic (exact) mass is 817 g/mol. The molecule has 57 heavy (non-hydrogen) atoms. The number of halogens is 2. The number of amides is 5. The molecule has 5 amide bonds. The summed E-state index contributed by atoms with van der Waals surface area (Å²) in [4.78, 5) is 71.5. The molecule has 14 nitrogen and oxygen atoms in total. The minimum Gasteiger partial charge on any atom is -0.444 e. The van der Waals surface area contributed by atoms with E-state index in [2.05, 4.69) is 21.9 Å². The number of hydrogen-bond donors (Lipinski definition) is 3. The Kier molecular flexibility index (Phi) is 13.8. The number of ether oxygens (including phenoxy) is 2. The minimum atomic E-state index is -4.33. The number of hydrogen-bond acceptors (Lipinski definition) is 9. The SMILES string of the molecule is C=C/C=C\C1=C(CF)CN(C(=O)O[C@@H]2C[C@H]3C(=O)N[C@]4(C(=O)NS(=O)(=O)Cc5cccc(F)c5)C[C@H]4CCCCCCC[C@H](NC(=O)OC(C)(C)C)C(=O)N3C2)C1. The molecule has 1 aliphatic carbocycles. The summed E-state index contributed by atoms with van der Waals surface area (Å²) in [5.41, 5.74) is -1.37. The van der Waals surface area contributed by atoms with Crippen LogP contribution in [0.25, 0.3) is 0 Å². The topological polar surface area (TPSA) is 181 Å². The summed E-state index contributed by atoms with van der Waals surface area (Å²) in [6, 6.07) is 2.58. The van der Waals surface area contributed by atoms with Gasteiger partial charge >= 0.3 is 12.2 Å². The maximum absolute atomic E-state index is 14.4. The second kappa shape index (κ2) is 18.2. The number of allylic oxidation sites excluding steroid dienone is 2. The first-order valence-electron chi connectivity index (χ1n) is 19.4. The van der Waals surface area contributed by atoms with Gasteiger partial charge in [-0.05, 0) is 74.8 Å². The molecule has 5 rings (SSSR count). The van der Waals surface area contributed by atoms with Crippen LogP contribution >= 0.6 is 0 Å². The van der Waals surface area contributed by atoms with Crippen molar-refractivity contribution in [2.75, 3.05) is 26.3 Å². The predicted octanol–water partition coefficient (Wildman–Crippen LogP) is 4.71. The lowest BCUT2D eigenvalue weighted by Gasteiger charge is -2.30. The van der Waals surface area contributed by atoms with Gasteiger partial charge in [0.05, 0.1) is 12.3 Å². The summed E-state index contributed by atoms with van der Waals surface area (Å²) in [6.45, 7) is 7.70. The van der Waals surface area contributed by atoms with Gasteiger partial charge in [0.15, 0.2) is 0 Å². The van der Waals surface area contributed by atoms with Crippen molar-refractivity contribution in [2.45, 2.75) is 114 Å². The van der Waals surface area contributed by atoms with Crippen LogP contribution in [-0.4, -0.2) is 104 Å². The standard InChI is InChI=1S/C40H53F2N5O9S/c1-5-6-14-27-22-46(23-28(27)21-41)38(52)55-31-19-33-34(48)44-40(36(50)45-57(53,54)25-26-13-12-16-30(42)18-26)20-29(40)15-10-8-7-9-11-17-32(35(49)47(33)24-31)43-37(51)56-39(2,3)4/h5-6,12-14,16,18,29,31-33H,1,7-11,15,17,19-25H2,2-4H3,(H,43,51)(H,44,48)(H,45,50)/b14-6-/t29-,31-,32+,33+,40-/m1/s1. The van der Waals surface area contributed by atoms with E-state index < -0.39 is 93.4 Å². The molecule has 1 aromatic rings. The highest BCUT2D eigenvalue weighted by Crippen LogP contribution is 2.48. The van der Waals surface area contributed by atoms with Gasteiger partial charge in [-0.1, -0.05) is 69.0 Å². The van der Waals surface area contributed by atoms with Gasteiger partial charge < -0.3 is 25.0 Å². The first-order chi connectivity index (χ1) is 26.9. The van der Waals surface area contributed by atoms with E-state index in [1.54, 1.807) is 32.9 Å². The molecule has 1 saturated carbocycles. The quantitative estimate of drug-likeness (QED) is 0.298. The molecule has 0 radical (unpaired) electrons. The van der Waals surface area contributed by atoms with Crippen molar-refractivity contribution in [2.24, 2.45) is 5.92 Å². The Morgan fingerprint density at radius 3 is 2.49 bits per heavy atom. The highest BCUT2D eigenvalue weighted by molar-refractivity contribution is 7.89. The van der Waals surface area contributed by atoms with Crippen LogP contribution < -0.4 is 15.4 Å². The van der Waals surface area contributed by atoms with Crippen LogP contribution in [0.4, 0.5) is 18.4 Å². The molecule has 3 aliphatic heterocycles.